The van der Waals surface area contributed by atoms with Crippen LogP contribution >= 0.6 is 23.4 Å². The summed E-state index contributed by atoms with van der Waals surface area (Å²) in [5.74, 6) is 1.52. The van der Waals surface area contributed by atoms with E-state index in [-0.39, 0.29) is 5.28 Å². The average molecular weight is 293 g/mol. The molecule has 0 radical (unpaired) electrons. The van der Waals surface area contributed by atoms with Crippen molar-refractivity contribution in [2.24, 2.45) is 0 Å². The normalized spacial score (nSPS) is 14.4. The van der Waals surface area contributed by atoms with Gasteiger partial charge in [0.1, 0.15) is 6.33 Å². The summed E-state index contributed by atoms with van der Waals surface area (Å²) in [6.45, 7) is 0. The fraction of sp³-hybridized carbons (Fsp3) is 0.308. The van der Waals surface area contributed by atoms with Crippen LogP contribution in [0.15, 0.2) is 30.6 Å². The van der Waals surface area contributed by atoms with Gasteiger partial charge in [-0.2, -0.15) is 16.7 Å². The fourth-order valence-corrected chi connectivity index (χ4v) is 2.85. The molecule has 0 amide bonds. The van der Waals surface area contributed by atoms with Crippen LogP contribution in [0.5, 0.6) is 0 Å². The molecule has 98 valence electrons. The molecule has 1 N–H and O–H groups in total. The van der Waals surface area contributed by atoms with Gasteiger partial charge in [0.05, 0.1) is 0 Å². The number of thioether (sulfide) groups is 1. The predicted molar refractivity (Wildman–Crippen MR) is 78.9 cm³/mol. The smallest absolute Gasteiger partial charge is 0.231 e. The van der Waals surface area contributed by atoms with E-state index in [0.29, 0.717) is 5.95 Å². The van der Waals surface area contributed by atoms with Crippen molar-refractivity contribution in [2.75, 3.05) is 5.32 Å². The number of hydrogen-bond donors (Lipinski definition) is 1. The van der Waals surface area contributed by atoms with Crippen molar-refractivity contribution in [2.45, 2.75) is 23.8 Å². The largest absolute Gasteiger partial charge is 0.324 e. The summed E-state index contributed by atoms with van der Waals surface area (Å²) in [5.41, 5.74) is 2.28. The molecule has 1 aromatic carbocycles. The highest BCUT2D eigenvalue weighted by Crippen LogP contribution is 2.36. The van der Waals surface area contributed by atoms with Crippen molar-refractivity contribution in [3.8, 4) is 0 Å². The molecule has 0 spiro atoms. The fourth-order valence-electron chi connectivity index (χ4n) is 1.65. The first kappa shape index (κ1) is 12.7. The lowest BCUT2D eigenvalue weighted by Crippen LogP contribution is -1.98. The lowest BCUT2D eigenvalue weighted by Gasteiger charge is -2.06. The molecule has 1 saturated carbocycles. The highest BCUT2D eigenvalue weighted by Gasteiger charge is 2.21. The molecule has 6 heteroatoms. The van der Waals surface area contributed by atoms with Gasteiger partial charge >= 0.3 is 0 Å². The van der Waals surface area contributed by atoms with Gasteiger partial charge in [-0.3, -0.25) is 0 Å². The van der Waals surface area contributed by atoms with Gasteiger partial charge in [-0.1, -0.05) is 12.1 Å². The monoisotopic (exact) mass is 292 g/mol. The molecule has 0 unspecified atom stereocenters. The summed E-state index contributed by atoms with van der Waals surface area (Å²) in [5, 5.41) is 4.20. The lowest BCUT2D eigenvalue weighted by atomic mass is 10.2. The van der Waals surface area contributed by atoms with Gasteiger partial charge < -0.3 is 5.32 Å². The molecule has 0 aliphatic heterocycles. The third-order valence-corrected chi connectivity index (χ3v) is 4.36. The predicted octanol–water partition coefficient (Wildman–Crippen LogP) is 3.66. The zero-order chi connectivity index (χ0) is 13.1. The highest BCUT2D eigenvalue weighted by atomic mass is 35.5. The third-order valence-electron chi connectivity index (χ3n) is 2.74. The summed E-state index contributed by atoms with van der Waals surface area (Å²) in [4.78, 5) is 11.8. The molecule has 19 heavy (non-hydrogen) atoms. The number of nitrogens with one attached hydrogen (secondary N) is 1. The molecule has 1 aliphatic rings. The van der Waals surface area contributed by atoms with Gasteiger partial charge in [0, 0.05) is 16.7 Å². The molecule has 1 aromatic heterocycles. The quantitative estimate of drug-likeness (QED) is 0.911. The molecule has 0 atom stereocenters. The first-order valence-electron chi connectivity index (χ1n) is 6.12. The zero-order valence-electron chi connectivity index (χ0n) is 10.2. The number of halogens is 1. The van der Waals surface area contributed by atoms with E-state index in [2.05, 4.69) is 32.4 Å². The number of hydrogen-bond acceptors (Lipinski definition) is 5. The van der Waals surface area contributed by atoms with E-state index in [9.17, 15) is 0 Å². The molecular weight excluding hydrogens is 280 g/mol. The Hall–Kier alpha value is -1.33. The van der Waals surface area contributed by atoms with Crippen LogP contribution in [0.2, 0.25) is 5.28 Å². The van der Waals surface area contributed by atoms with Crippen molar-refractivity contribution >= 4 is 35.0 Å². The molecule has 2 aromatic rings. The SMILES string of the molecule is Clc1ncnc(Nc2cccc(CSC3CC3)c2)n1. The summed E-state index contributed by atoms with van der Waals surface area (Å²) < 4.78 is 0. The van der Waals surface area contributed by atoms with Crippen LogP contribution in [0, 0.1) is 0 Å². The van der Waals surface area contributed by atoms with Gasteiger partial charge in [-0.15, -0.1) is 0 Å². The second kappa shape index (κ2) is 5.75. The van der Waals surface area contributed by atoms with Crippen molar-refractivity contribution in [3.05, 3.63) is 41.4 Å². The van der Waals surface area contributed by atoms with Crippen LogP contribution in [0.3, 0.4) is 0 Å². The topological polar surface area (TPSA) is 50.7 Å². The van der Waals surface area contributed by atoms with Crippen LogP contribution in [0.25, 0.3) is 0 Å². The molecule has 1 fully saturated rings. The maximum absolute atomic E-state index is 5.73. The van der Waals surface area contributed by atoms with Crippen LogP contribution in [-0.4, -0.2) is 20.2 Å². The number of benzene rings is 1. The molecule has 1 heterocycles. The van der Waals surface area contributed by atoms with Gasteiger partial charge in [-0.05, 0) is 42.1 Å². The Bertz CT molecular complexity index is 574. The van der Waals surface area contributed by atoms with Gasteiger partial charge in [-0.25, -0.2) is 9.97 Å². The zero-order valence-corrected chi connectivity index (χ0v) is 11.8. The standard InChI is InChI=1S/C13H13ClN4S/c14-12-15-8-16-13(18-12)17-10-3-1-2-9(6-10)7-19-11-4-5-11/h1-3,6,8,11H,4-5,7H2,(H,15,16,17,18). The number of anilines is 2. The number of nitrogens with zero attached hydrogens (tertiary/aromatic N) is 3. The lowest BCUT2D eigenvalue weighted by molar-refractivity contribution is 1.05. The summed E-state index contributed by atoms with van der Waals surface area (Å²) in [6, 6.07) is 8.28. The Kier molecular flexibility index (Phi) is 3.84. The number of aromatic nitrogens is 3. The van der Waals surface area contributed by atoms with Crippen LogP contribution < -0.4 is 5.32 Å². The minimum absolute atomic E-state index is 0.193. The first-order valence-corrected chi connectivity index (χ1v) is 7.54. The van der Waals surface area contributed by atoms with E-state index in [0.717, 1.165) is 16.7 Å². The van der Waals surface area contributed by atoms with Gasteiger partial charge in [0.2, 0.25) is 11.2 Å². The van der Waals surface area contributed by atoms with E-state index in [1.165, 1.54) is 24.7 Å². The Morgan fingerprint density at radius 3 is 3.00 bits per heavy atom. The van der Waals surface area contributed by atoms with Crippen molar-refractivity contribution in [1.29, 1.82) is 0 Å². The van der Waals surface area contributed by atoms with Crippen molar-refractivity contribution in [3.63, 3.8) is 0 Å². The minimum Gasteiger partial charge on any atom is -0.324 e. The summed E-state index contributed by atoms with van der Waals surface area (Å²) in [7, 11) is 0. The van der Waals surface area contributed by atoms with Gasteiger partial charge in [0.15, 0.2) is 0 Å². The van der Waals surface area contributed by atoms with Gasteiger partial charge in [0.25, 0.3) is 0 Å². The van der Waals surface area contributed by atoms with Crippen LogP contribution in [0.4, 0.5) is 11.6 Å². The number of rotatable bonds is 5. The van der Waals surface area contributed by atoms with Crippen LogP contribution in [-0.2, 0) is 5.75 Å². The van der Waals surface area contributed by atoms with Crippen molar-refractivity contribution in [1.82, 2.24) is 15.0 Å². The molecule has 0 bridgehead atoms. The van der Waals surface area contributed by atoms with Crippen LogP contribution in [0.1, 0.15) is 18.4 Å². The summed E-state index contributed by atoms with van der Waals surface area (Å²) in [6.07, 6.45) is 4.13. The minimum atomic E-state index is 0.193. The van der Waals surface area contributed by atoms with Crippen molar-refractivity contribution < 1.29 is 0 Å². The first-order chi connectivity index (χ1) is 9.29. The molecular formula is C13H13ClN4S. The molecule has 0 saturated heterocycles. The molecule has 3 rings (SSSR count). The van der Waals surface area contributed by atoms with E-state index in [1.807, 2.05) is 23.9 Å². The second-order valence-corrected chi connectivity index (χ2v) is 6.04. The molecule has 4 nitrogen and oxygen atoms in total. The third kappa shape index (κ3) is 3.81. The van der Waals surface area contributed by atoms with E-state index >= 15 is 0 Å². The summed E-state index contributed by atoms with van der Waals surface area (Å²) >= 11 is 7.75. The highest BCUT2D eigenvalue weighted by molar-refractivity contribution is 7.99. The molecule has 1 aliphatic carbocycles. The average Bonchev–Trinajstić information content (AvgIpc) is 3.21. The van der Waals surface area contributed by atoms with E-state index < -0.39 is 0 Å². The maximum atomic E-state index is 5.73. The Labute approximate surface area is 121 Å². The van der Waals surface area contributed by atoms with E-state index in [4.69, 9.17) is 11.6 Å². The Morgan fingerprint density at radius 2 is 2.21 bits per heavy atom. The maximum Gasteiger partial charge on any atom is 0.231 e. The second-order valence-electron chi connectivity index (χ2n) is 4.41. The van der Waals surface area contributed by atoms with E-state index in [1.54, 1.807) is 0 Å². The Morgan fingerprint density at radius 1 is 1.32 bits per heavy atom. The Balaban J connectivity index is 1.67.